The van der Waals surface area contributed by atoms with E-state index in [2.05, 4.69) is 39.4 Å². The van der Waals surface area contributed by atoms with Crippen LogP contribution in [0.3, 0.4) is 0 Å². The molecule has 2 heterocycles. The van der Waals surface area contributed by atoms with Crippen molar-refractivity contribution in [2.24, 2.45) is 0 Å². The van der Waals surface area contributed by atoms with Gasteiger partial charge in [0, 0.05) is 11.8 Å². The first-order chi connectivity index (χ1) is 7.74. The van der Waals surface area contributed by atoms with E-state index in [0.717, 1.165) is 16.5 Å². The van der Waals surface area contributed by atoms with Crippen LogP contribution >= 0.6 is 35.3 Å². The van der Waals surface area contributed by atoms with Crippen LogP contribution in [0.1, 0.15) is 13.0 Å². The van der Waals surface area contributed by atoms with Crippen molar-refractivity contribution in [3.05, 3.63) is 22.3 Å². The second kappa shape index (κ2) is 5.16. The molecule has 3 nitrogen and oxygen atoms in total. The summed E-state index contributed by atoms with van der Waals surface area (Å²) in [5.41, 5.74) is 0. The molecule has 2 aromatic heterocycles. The van der Waals surface area contributed by atoms with Crippen molar-refractivity contribution in [1.29, 1.82) is 0 Å². The van der Waals surface area contributed by atoms with Crippen LogP contribution in [0, 0.1) is 4.77 Å². The van der Waals surface area contributed by atoms with Gasteiger partial charge in [-0.05, 0) is 36.8 Å². The molecule has 2 rings (SSSR count). The molecule has 0 radical (unpaired) electrons. The van der Waals surface area contributed by atoms with E-state index in [9.17, 15) is 0 Å². The van der Waals surface area contributed by atoms with Crippen LogP contribution < -0.4 is 0 Å². The van der Waals surface area contributed by atoms with Crippen molar-refractivity contribution in [2.75, 3.05) is 12.0 Å². The standard InChI is InChI=1S/C10H13N3S3/c1-7(6-15-2)13-9(11-12-10(13)14)8-4-3-5-16-8/h3-5,7H,6H2,1-2H3,(H,12,14). The van der Waals surface area contributed by atoms with Crippen molar-refractivity contribution >= 4 is 35.3 Å². The Balaban J connectivity index is 2.44. The number of nitrogens with one attached hydrogen (secondary N) is 1. The third-order valence-corrected chi connectivity index (χ3v) is 4.26. The number of H-pyrrole nitrogens is 1. The first kappa shape index (κ1) is 11.9. The zero-order valence-electron chi connectivity index (χ0n) is 9.14. The van der Waals surface area contributed by atoms with E-state index in [1.807, 2.05) is 17.8 Å². The Morgan fingerprint density at radius 2 is 2.50 bits per heavy atom. The Hall–Kier alpha value is -0.590. The van der Waals surface area contributed by atoms with Gasteiger partial charge in [0.2, 0.25) is 0 Å². The Morgan fingerprint density at radius 1 is 1.69 bits per heavy atom. The van der Waals surface area contributed by atoms with Crippen LogP contribution in [0.2, 0.25) is 0 Å². The number of aromatic amines is 1. The van der Waals surface area contributed by atoms with Gasteiger partial charge >= 0.3 is 0 Å². The summed E-state index contributed by atoms with van der Waals surface area (Å²) in [5.74, 6) is 1.98. The van der Waals surface area contributed by atoms with Gasteiger partial charge < -0.3 is 0 Å². The van der Waals surface area contributed by atoms with Gasteiger partial charge in [-0.25, -0.2) is 0 Å². The molecule has 1 atom stereocenters. The Labute approximate surface area is 108 Å². The number of aromatic nitrogens is 3. The molecule has 0 amide bonds. The number of nitrogens with zero attached hydrogens (tertiary/aromatic N) is 2. The number of hydrogen-bond acceptors (Lipinski definition) is 4. The molecule has 16 heavy (non-hydrogen) atoms. The average molecular weight is 271 g/mol. The van der Waals surface area contributed by atoms with Crippen LogP contribution in [0.5, 0.6) is 0 Å². The van der Waals surface area contributed by atoms with E-state index in [4.69, 9.17) is 12.2 Å². The summed E-state index contributed by atoms with van der Waals surface area (Å²) in [6, 6.07) is 4.46. The molecule has 0 aromatic carbocycles. The molecule has 0 aliphatic carbocycles. The molecule has 0 saturated carbocycles. The molecule has 0 saturated heterocycles. The highest BCUT2D eigenvalue weighted by Crippen LogP contribution is 2.26. The van der Waals surface area contributed by atoms with Crippen LogP contribution in [-0.4, -0.2) is 26.8 Å². The molecular formula is C10H13N3S3. The second-order valence-corrected chi connectivity index (χ2v) is 5.75. The molecule has 0 fully saturated rings. The van der Waals surface area contributed by atoms with Gasteiger partial charge in [-0.15, -0.1) is 11.3 Å². The van der Waals surface area contributed by atoms with E-state index in [0.29, 0.717) is 10.8 Å². The summed E-state index contributed by atoms with van der Waals surface area (Å²) in [6.07, 6.45) is 2.10. The van der Waals surface area contributed by atoms with E-state index in [1.165, 1.54) is 0 Å². The van der Waals surface area contributed by atoms with Gasteiger partial charge in [-0.2, -0.15) is 16.9 Å². The predicted octanol–water partition coefficient (Wildman–Crippen LogP) is 3.59. The van der Waals surface area contributed by atoms with Gasteiger partial charge in [0.25, 0.3) is 0 Å². The van der Waals surface area contributed by atoms with Gasteiger partial charge in [-0.3, -0.25) is 9.67 Å². The van der Waals surface area contributed by atoms with Gasteiger partial charge in [0.1, 0.15) is 0 Å². The number of hydrogen-bond donors (Lipinski definition) is 1. The summed E-state index contributed by atoms with van der Waals surface area (Å²) < 4.78 is 2.79. The maximum atomic E-state index is 5.28. The van der Waals surface area contributed by atoms with E-state index >= 15 is 0 Å². The summed E-state index contributed by atoms with van der Waals surface area (Å²) in [5, 5.41) is 9.24. The molecule has 2 aromatic rings. The minimum Gasteiger partial charge on any atom is -0.296 e. The van der Waals surface area contributed by atoms with Crippen LogP contribution in [-0.2, 0) is 0 Å². The summed E-state index contributed by atoms with van der Waals surface area (Å²) in [4.78, 5) is 1.15. The lowest BCUT2D eigenvalue weighted by atomic mass is 10.3. The molecular weight excluding hydrogens is 258 g/mol. The quantitative estimate of drug-likeness (QED) is 0.863. The lowest BCUT2D eigenvalue weighted by molar-refractivity contribution is 0.607. The van der Waals surface area contributed by atoms with Crippen molar-refractivity contribution in [2.45, 2.75) is 13.0 Å². The highest BCUT2D eigenvalue weighted by atomic mass is 32.2. The van der Waals surface area contributed by atoms with Crippen molar-refractivity contribution in [3.63, 3.8) is 0 Å². The molecule has 1 unspecified atom stereocenters. The highest BCUT2D eigenvalue weighted by molar-refractivity contribution is 7.98. The summed E-state index contributed by atoms with van der Waals surface area (Å²) in [7, 11) is 0. The third kappa shape index (κ3) is 2.23. The number of rotatable bonds is 4. The highest BCUT2D eigenvalue weighted by Gasteiger charge is 2.14. The summed E-state index contributed by atoms with van der Waals surface area (Å²) >= 11 is 8.78. The maximum absolute atomic E-state index is 5.28. The predicted molar refractivity (Wildman–Crippen MR) is 73.8 cm³/mol. The maximum Gasteiger partial charge on any atom is 0.195 e. The van der Waals surface area contributed by atoms with Gasteiger partial charge in [0.15, 0.2) is 10.6 Å². The fourth-order valence-electron chi connectivity index (χ4n) is 1.61. The van der Waals surface area contributed by atoms with Crippen molar-refractivity contribution in [1.82, 2.24) is 14.8 Å². The molecule has 0 spiro atoms. The Bertz CT molecular complexity index is 498. The zero-order valence-corrected chi connectivity index (χ0v) is 11.6. The Kier molecular flexibility index (Phi) is 3.83. The molecule has 6 heteroatoms. The van der Waals surface area contributed by atoms with E-state index in [1.54, 1.807) is 11.3 Å². The van der Waals surface area contributed by atoms with E-state index in [-0.39, 0.29) is 0 Å². The normalized spacial score (nSPS) is 12.9. The first-order valence-corrected chi connectivity index (χ1v) is 7.62. The molecule has 0 bridgehead atoms. The molecule has 0 aliphatic heterocycles. The molecule has 1 N–H and O–H groups in total. The topological polar surface area (TPSA) is 33.6 Å². The molecule has 86 valence electrons. The van der Waals surface area contributed by atoms with Gasteiger partial charge in [-0.1, -0.05) is 6.07 Å². The monoisotopic (exact) mass is 271 g/mol. The van der Waals surface area contributed by atoms with Crippen molar-refractivity contribution < 1.29 is 0 Å². The van der Waals surface area contributed by atoms with Gasteiger partial charge in [0.05, 0.1) is 4.88 Å². The second-order valence-electron chi connectivity index (χ2n) is 3.50. The zero-order chi connectivity index (χ0) is 11.5. The van der Waals surface area contributed by atoms with Crippen molar-refractivity contribution in [3.8, 4) is 10.7 Å². The lowest BCUT2D eigenvalue weighted by Crippen LogP contribution is -2.09. The fourth-order valence-corrected chi connectivity index (χ4v) is 3.26. The van der Waals surface area contributed by atoms with Crippen LogP contribution in [0.15, 0.2) is 17.5 Å². The van der Waals surface area contributed by atoms with E-state index < -0.39 is 0 Å². The van der Waals surface area contributed by atoms with Crippen LogP contribution in [0.25, 0.3) is 10.7 Å². The minimum absolute atomic E-state index is 0.360. The lowest BCUT2D eigenvalue weighted by Gasteiger charge is -2.13. The largest absolute Gasteiger partial charge is 0.296 e. The number of thiophene rings is 1. The summed E-state index contributed by atoms with van der Waals surface area (Å²) in [6.45, 7) is 2.17. The molecule has 0 aliphatic rings. The first-order valence-electron chi connectivity index (χ1n) is 4.93. The number of thioether (sulfide) groups is 1. The average Bonchev–Trinajstić information content (AvgIpc) is 2.86. The fraction of sp³-hybridized carbons (Fsp3) is 0.400. The minimum atomic E-state index is 0.360. The smallest absolute Gasteiger partial charge is 0.195 e. The Morgan fingerprint density at radius 3 is 3.12 bits per heavy atom. The van der Waals surface area contributed by atoms with Crippen LogP contribution in [0.4, 0.5) is 0 Å². The third-order valence-electron chi connectivity index (χ3n) is 2.29. The SMILES string of the molecule is CSCC(C)n1c(-c2cccs2)n[nH]c1=S.